The van der Waals surface area contributed by atoms with E-state index in [1.54, 1.807) is 0 Å². The molecule has 9 rings (SSSR count). The molecule has 0 saturated carbocycles. The molecule has 43 heavy (non-hydrogen) atoms. The van der Waals surface area contributed by atoms with Gasteiger partial charge >= 0.3 is 0 Å². The van der Waals surface area contributed by atoms with Gasteiger partial charge in [0.05, 0.1) is 32.2 Å². The third kappa shape index (κ3) is 2.99. The lowest BCUT2D eigenvalue weighted by molar-refractivity contribution is 0.563. The molecule has 3 heteroatoms. The van der Waals surface area contributed by atoms with E-state index in [2.05, 4.69) is 134 Å². The van der Waals surface area contributed by atoms with Crippen LogP contribution in [0.25, 0.3) is 38.6 Å². The maximum Gasteiger partial charge on any atom is 0.0720 e. The fourth-order valence-electron chi connectivity index (χ4n) is 8.32. The Hall–Kier alpha value is -4.30. The lowest BCUT2D eigenvalue weighted by Gasteiger charge is -2.46. The second-order valence-electron chi connectivity index (χ2n) is 12.3. The second-order valence-corrected chi connectivity index (χ2v) is 13.1. The molecule has 0 amide bonds. The minimum Gasteiger partial charge on any atom is -0.307 e. The number of hydrogen-bond donors (Lipinski definition) is 0. The standard InChI is InChI=1S/C40H27Cl2N/c1-39(2)27-16-6-8-18-29(27)40(30-19-9-7-17-28(30)39)26-15-5-3-13-24(26)36-31(40)23-33(42)37-25-14-4-11-21-34(25)43(38(36)37)35-22-12-10-20-32(35)41/h3-23H,1-2H3. The molecule has 7 aromatic rings. The van der Waals surface area contributed by atoms with Crippen LogP contribution in [0.4, 0.5) is 0 Å². The van der Waals surface area contributed by atoms with E-state index in [4.69, 9.17) is 23.2 Å². The van der Waals surface area contributed by atoms with Crippen molar-refractivity contribution in [3.05, 3.63) is 171 Å². The molecule has 1 aromatic heterocycles. The fraction of sp³-hybridized carbons (Fsp3) is 0.100. The molecule has 2 aliphatic rings. The second kappa shape index (κ2) is 8.63. The third-order valence-corrected chi connectivity index (χ3v) is 10.6. The van der Waals surface area contributed by atoms with Crippen LogP contribution < -0.4 is 0 Å². The highest BCUT2D eigenvalue weighted by Gasteiger charge is 2.54. The number of para-hydroxylation sites is 2. The Bertz CT molecular complexity index is 2260. The first-order valence-electron chi connectivity index (χ1n) is 14.8. The molecule has 1 spiro atoms. The molecule has 0 N–H and O–H groups in total. The summed E-state index contributed by atoms with van der Waals surface area (Å²) in [5.74, 6) is 0. The van der Waals surface area contributed by atoms with Gasteiger partial charge in [0.2, 0.25) is 0 Å². The van der Waals surface area contributed by atoms with Crippen LogP contribution in [0.5, 0.6) is 0 Å². The molecule has 1 heterocycles. The summed E-state index contributed by atoms with van der Waals surface area (Å²) in [6, 6.07) is 45.9. The SMILES string of the molecule is CC1(C)c2ccccc2C2(c3ccccc3-c3c2cc(Cl)c2c4ccccc4n(-c4ccccc4Cl)c32)c2ccccc21. The summed E-state index contributed by atoms with van der Waals surface area (Å²) < 4.78 is 2.33. The Kier molecular flexibility index (Phi) is 5.06. The monoisotopic (exact) mass is 591 g/mol. The van der Waals surface area contributed by atoms with E-state index in [1.165, 1.54) is 44.5 Å². The molecule has 0 unspecified atom stereocenters. The number of aromatic nitrogens is 1. The van der Waals surface area contributed by atoms with Crippen LogP contribution in [0.2, 0.25) is 10.0 Å². The number of nitrogens with zero attached hydrogens (tertiary/aromatic N) is 1. The molecule has 1 nitrogen and oxygen atoms in total. The summed E-state index contributed by atoms with van der Waals surface area (Å²) in [5.41, 5.74) is 12.8. The summed E-state index contributed by atoms with van der Waals surface area (Å²) >= 11 is 14.4. The van der Waals surface area contributed by atoms with Gasteiger partial charge in [-0.15, -0.1) is 0 Å². The minimum absolute atomic E-state index is 0.156. The molecule has 2 aliphatic carbocycles. The summed E-state index contributed by atoms with van der Waals surface area (Å²) in [6.45, 7) is 4.70. The van der Waals surface area contributed by atoms with Gasteiger partial charge in [0.15, 0.2) is 0 Å². The van der Waals surface area contributed by atoms with E-state index < -0.39 is 5.41 Å². The average Bonchev–Trinajstić information content (AvgIpc) is 3.52. The molecule has 0 radical (unpaired) electrons. The van der Waals surface area contributed by atoms with E-state index in [1.807, 2.05) is 12.1 Å². The number of rotatable bonds is 1. The van der Waals surface area contributed by atoms with E-state index in [9.17, 15) is 0 Å². The molecular weight excluding hydrogens is 565 g/mol. The van der Waals surface area contributed by atoms with Crippen molar-refractivity contribution < 1.29 is 0 Å². The van der Waals surface area contributed by atoms with Crippen molar-refractivity contribution in [2.24, 2.45) is 0 Å². The molecule has 0 fully saturated rings. The maximum atomic E-state index is 7.47. The maximum absolute atomic E-state index is 7.47. The summed E-state index contributed by atoms with van der Waals surface area (Å²) in [6.07, 6.45) is 0. The molecule has 0 atom stereocenters. The van der Waals surface area contributed by atoms with Gasteiger partial charge in [-0.05, 0) is 63.2 Å². The van der Waals surface area contributed by atoms with Crippen molar-refractivity contribution in [3.63, 3.8) is 0 Å². The van der Waals surface area contributed by atoms with Gasteiger partial charge in [0.25, 0.3) is 0 Å². The summed E-state index contributed by atoms with van der Waals surface area (Å²) in [7, 11) is 0. The van der Waals surface area contributed by atoms with Crippen molar-refractivity contribution >= 4 is 45.0 Å². The fourth-order valence-corrected chi connectivity index (χ4v) is 8.84. The van der Waals surface area contributed by atoms with Gasteiger partial charge in [-0.25, -0.2) is 0 Å². The van der Waals surface area contributed by atoms with E-state index in [0.717, 1.165) is 32.5 Å². The van der Waals surface area contributed by atoms with Gasteiger partial charge in [0.1, 0.15) is 0 Å². The van der Waals surface area contributed by atoms with Crippen molar-refractivity contribution in [2.45, 2.75) is 24.7 Å². The normalized spacial score (nSPS) is 15.3. The van der Waals surface area contributed by atoms with E-state index in [0.29, 0.717) is 5.02 Å². The van der Waals surface area contributed by atoms with Crippen LogP contribution in [0, 0.1) is 0 Å². The number of benzene rings is 6. The summed E-state index contributed by atoms with van der Waals surface area (Å²) in [4.78, 5) is 0. The van der Waals surface area contributed by atoms with E-state index >= 15 is 0 Å². The van der Waals surface area contributed by atoms with Gasteiger partial charge in [0, 0.05) is 21.8 Å². The lowest BCUT2D eigenvalue weighted by Crippen LogP contribution is -2.40. The molecule has 0 bridgehead atoms. The Morgan fingerprint density at radius 3 is 1.79 bits per heavy atom. The molecule has 206 valence electrons. The number of fused-ring (bicyclic) bond motifs is 13. The predicted octanol–water partition coefficient (Wildman–Crippen LogP) is 11.1. The predicted molar refractivity (Wildman–Crippen MR) is 180 cm³/mol. The van der Waals surface area contributed by atoms with Crippen LogP contribution in [-0.2, 0) is 10.8 Å². The van der Waals surface area contributed by atoms with Crippen molar-refractivity contribution in [3.8, 4) is 16.8 Å². The highest BCUT2D eigenvalue weighted by Crippen LogP contribution is 2.64. The largest absolute Gasteiger partial charge is 0.307 e. The van der Waals surface area contributed by atoms with Crippen LogP contribution in [0.1, 0.15) is 47.2 Å². The van der Waals surface area contributed by atoms with E-state index in [-0.39, 0.29) is 5.41 Å². The average molecular weight is 593 g/mol. The topological polar surface area (TPSA) is 4.93 Å². The Morgan fingerprint density at radius 2 is 1.09 bits per heavy atom. The first-order valence-corrected chi connectivity index (χ1v) is 15.5. The zero-order valence-corrected chi connectivity index (χ0v) is 25.3. The molecule has 6 aromatic carbocycles. The van der Waals surface area contributed by atoms with Crippen molar-refractivity contribution in [1.82, 2.24) is 4.57 Å². The van der Waals surface area contributed by atoms with Crippen molar-refractivity contribution in [2.75, 3.05) is 0 Å². The van der Waals surface area contributed by atoms with Gasteiger partial charge in [-0.3, -0.25) is 0 Å². The van der Waals surface area contributed by atoms with Crippen LogP contribution in [0.15, 0.2) is 127 Å². The number of halogens is 2. The zero-order valence-electron chi connectivity index (χ0n) is 23.8. The zero-order chi connectivity index (χ0) is 29.1. The van der Waals surface area contributed by atoms with Crippen LogP contribution in [-0.4, -0.2) is 4.57 Å². The smallest absolute Gasteiger partial charge is 0.0720 e. The summed E-state index contributed by atoms with van der Waals surface area (Å²) in [5, 5.41) is 3.63. The Morgan fingerprint density at radius 1 is 0.535 bits per heavy atom. The molecular formula is C40H27Cl2N. The van der Waals surface area contributed by atoms with Crippen molar-refractivity contribution in [1.29, 1.82) is 0 Å². The quantitative estimate of drug-likeness (QED) is 0.179. The van der Waals surface area contributed by atoms with Gasteiger partial charge < -0.3 is 4.57 Å². The van der Waals surface area contributed by atoms with Gasteiger partial charge in [-0.1, -0.05) is 140 Å². The first kappa shape index (κ1) is 25.2. The third-order valence-electron chi connectivity index (χ3n) is 10.00. The minimum atomic E-state index is -0.520. The molecule has 0 saturated heterocycles. The Balaban J connectivity index is 1.57. The number of hydrogen-bond acceptors (Lipinski definition) is 0. The highest BCUT2D eigenvalue weighted by molar-refractivity contribution is 6.39. The molecule has 0 aliphatic heterocycles. The highest BCUT2D eigenvalue weighted by atomic mass is 35.5. The van der Waals surface area contributed by atoms with Crippen LogP contribution >= 0.6 is 23.2 Å². The van der Waals surface area contributed by atoms with Gasteiger partial charge in [-0.2, -0.15) is 0 Å². The lowest BCUT2D eigenvalue weighted by atomic mass is 9.55. The Labute approximate surface area is 260 Å². The first-order chi connectivity index (χ1) is 21.0. The van der Waals surface area contributed by atoms with Crippen LogP contribution in [0.3, 0.4) is 0 Å².